The lowest BCUT2D eigenvalue weighted by Crippen LogP contribution is -2.32. The van der Waals surface area contributed by atoms with Crippen LogP contribution in [-0.4, -0.2) is 23.3 Å². The van der Waals surface area contributed by atoms with Gasteiger partial charge in [-0.05, 0) is 66.8 Å². The molecule has 3 aromatic carbocycles. The predicted molar refractivity (Wildman–Crippen MR) is 134 cm³/mol. The third-order valence-electron chi connectivity index (χ3n) is 6.16. The molecule has 4 rings (SSSR count). The van der Waals surface area contributed by atoms with Crippen LogP contribution in [0.25, 0.3) is 0 Å². The van der Waals surface area contributed by atoms with Gasteiger partial charge in [-0.3, -0.25) is 9.59 Å². The second kappa shape index (κ2) is 9.90. The zero-order valence-corrected chi connectivity index (χ0v) is 19.5. The van der Waals surface area contributed by atoms with Gasteiger partial charge < -0.3 is 15.5 Å². The average molecular weight is 442 g/mol. The van der Waals surface area contributed by atoms with E-state index in [2.05, 4.69) is 55.7 Å². The fourth-order valence-corrected chi connectivity index (χ4v) is 4.21. The van der Waals surface area contributed by atoms with Gasteiger partial charge in [0.25, 0.3) is 11.8 Å². The molecule has 1 heterocycles. The van der Waals surface area contributed by atoms with Gasteiger partial charge in [-0.15, -0.1) is 0 Å². The molecule has 1 atom stereocenters. The molecule has 5 nitrogen and oxygen atoms in total. The van der Waals surface area contributed by atoms with E-state index in [0.717, 1.165) is 36.2 Å². The topological polar surface area (TPSA) is 61.4 Å². The number of hydrogen-bond donors (Lipinski definition) is 2. The Morgan fingerprint density at radius 3 is 2.03 bits per heavy atom. The molecule has 0 aromatic heterocycles. The van der Waals surface area contributed by atoms with Crippen molar-refractivity contribution in [1.29, 1.82) is 0 Å². The smallest absolute Gasteiger partial charge is 0.256 e. The first kappa shape index (κ1) is 22.6. The Hall–Kier alpha value is -3.60. The van der Waals surface area contributed by atoms with Crippen LogP contribution in [0.5, 0.6) is 0 Å². The second-order valence-corrected chi connectivity index (χ2v) is 8.40. The molecule has 1 aliphatic heterocycles. The van der Waals surface area contributed by atoms with Gasteiger partial charge in [0, 0.05) is 34.6 Å². The lowest BCUT2D eigenvalue weighted by Gasteiger charge is -2.26. The number of fused-ring (bicyclic) bond motifs is 1. The van der Waals surface area contributed by atoms with Crippen LogP contribution in [-0.2, 0) is 12.8 Å². The molecule has 2 N–H and O–H groups in total. The largest absolute Gasteiger partial charge is 0.361 e. The van der Waals surface area contributed by atoms with Gasteiger partial charge in [0.1, 0.15) is 6.17 Å². The lowest BCUT2D eigenvalue weighted by atomic mass is 10.0. The number of carbonyl (C=O) groups is 2. The Morgan fingerprint density at radius 2 is 1.45 bits per heavy atom. The number of aryl methyl sites for hydroxylation is 2. The first-order valence-corrected chi connectivity index (χ1v) is 11.7. The molecule has 170 valence electrons. The summed E-state index contributed by atoms with van der Waals surface area (Å²) in [5, 5.41) is 6.45. The van der Waals surface area contributed by atoms with Crippen LogP contribution in [0.3, 0.4) is 0 Å². The molecule has 0 radical (unpaired) electrons. The number of rotatable bonds is 8. The highest BCUT2D eigenvalue weighted by Gasteiger charge is 2.36. The van der Waals surface area contributed by atoms with E-state index in [1.807, 2.05) is 35.2 Å². The summed E-state index contributed by atoms with van der Waals surface area (Å²) in [6, 6.07) is 21.6. The number of carbonyl (C=O) groups excluding carboxylic acids is 2. The highest BCUT2D eigenvalue weighted by molar-refractivity contribution is 6.07. The summed E-state index contributed by atoms with van der Waals surface area (Å²) in [4.78, 5) is 28.0. The minimum atomic E-state index is -0.251. The van der Waals surface area contributed by atoms with Crippen molar-refractivity contribution in [2.75, 3.05) is 17.2 Å². The summed E-state index contributed by atoms with van der Waals surface area (Å²) in [5.41, 5.74) is 6.16. The van der Waals surface area contributed by atoms with Crippen LogP contribution in [0.1, 0.15) is 70.8 Å². The van der Waals surface area contributed by atoms with Crippen molar-refractivity contribution in [2.45, 2.75) is 46.2 Å². The molecule has 0 saturated heterocycles. The van der Waals surface area contributed by atoms with E-state index < -0.39 is 0 Å². The fraction of sp³-hybridized carbons (Fsp3) is 0.286. The average Bonchev–Trinajstić information content (AvgIpc) is 3.10. The van der Waals surface area contributed by atoms with E-state index in [9.17, 15) is 9.59 Å². The highest BCUT2D eigenvalue weighted by atomic mass is 16.2. The number of anilines is 2. The van der Waals surface area contributed by atoms with Crippen molar-refractivity contribution < 1.29 is 9.59 Å². The van der Waals surface area contributed by atoms with E-state index in [1.165, 1.54) is 11.1 Å². The van der Waals surface area contributed by atoms with Gasteiger partial charge in [-0.2, -0.15) is 0 Å². The standard InChI is InChI=1S/C28H31N3O2/c1-4-17-31-26(29-22-12-7-19(5-2)8-13-22)24-16-11-21(18-25(24)28(31)33)27(32)30-23-14-9-20(6-3)10-15-23/h7-16,18,26,29H,4-6,17H2,1-3H3,(H,30,32). The Labute approximate surface area is 195 Å². The molecule has 0 saturated carbocycles. The Bertz CT molecular complexity index is 1140. The molecule has 1 aliphatic rings. The van der Waals surface area contributed by atoms with Crippen LogP contribution >= 0.6 is 0 Å². The van der Waals surface area contributed by atoms with Crippen LogP contribution in [0.4, 0.5) is 11.4 Å². The van der Waals surface area contributed by atoms with E-state index in [1.54, 1.807) is 12.1 Å². The number of nitrogens with one attached hydrogen (secondary N) is 2. The van der Waals surface area contributed by atoms with E-state index in [-0.39, 0.29) is 18.0 Å². The maximum Gasteiger partial charge on any atom is 0.256 e. The normalized spacial score (nSPS) is 14.8. The van der Waals surface area contributed by atoms with Crippen LogP contribution in [0, 0.1) is 0 Å². The third-order valence-corrected chi connectivity index (χ3v) is 6.16. The van der Waals surface area contributed by atoms with Gasteiger partial charge in [0.15, 0.2) is 0 Å². The number of amides is 2. The van der Waals surface area contributed by atoms with Gasteiger partial charge in [0.05, 0.1) is 0 Å². The van der Waals surface area contributed by atoms with Crippen molar-refractivity contribution in [2.24, 2.45) is 0 Å². The molecule has 0 spiro atoms. The molecule has 0 bridgehead atoms. The van der Waals surface area contributed by atoms with E-state index in [0.29, 0.717) is 17.7 Å². The van der Waals surface area contributed by atoms with E-state index >= 15 is 0 Å². The minimum absolute atomic E-state index is 0.0449. The lowest BCUT2D eigenvalue weighted by molar-refractivity contribution is 0.0743. The third kappa shape index (κ3) is 4.77. The van der Waals surface area contributed by atoms with Crippen molar-refractivity contribution in [3.63, 3.8) is 0 Å². The first-order chi connectivity index (χ1) is 16.0. The SMILES string of the molecule is CCCN1C(=O)c2cc(C(=O)Nc3ccc(CC)cc3)ccc2C1Nc1ccc(CC)cc1. The van der Waals surface area contributed by atoms with Crippen molar-refractivity contribution in [3.05, 3.63) is 94.5 Å². The van der Waals surface area contributed by atoms with Gasteiger partial charge in [-0.25, -0.2) is 0 Å². The maximum atomic E-state index is 13.2. The summed E-state index contributed by atoms with van der Waals surface area (Å²) in [7, 11) is 0. The number of benzene rings is 3. The molecular formula is C28H31N3O2. The summed E-state index contributed by atoms with van der Waals surface area (Å²) < 4.78 is 0. The van der Waals surface area contributed by atoms with Crippen LogP contribution < -0.4 is 10.6 Å². The molecule has 0 aliphatic carbocycles. The summed E-state index contributed by atoms with van der Waals surface area (Å²) >= 11 is 0. The van der Waals surface area contributed by atoms with Crippen LogP contribution in [0.15, 0.2) is 66.7 Å². The van der Waals surface area contributed by atoms with E-state index in [4.69, 9.17) is 0 Å². The number of hydrogen-bond acceptors (Lipinski definition) is 3. The summed E-state index contributed by atoms with van der Waals surface area (Å²) in [6.45, 7) is 6.93. The van der Waals surface area contributed by atoms with Gasteiger partial charge in [-0.1, -0.05) is 51.1 Å². The maximum absolute atomic E-state index is 13.2. The van der Waals surface area contributed by atoms with Crippen molar-refractivity contribution in [3.8, 4) is 0 Å². The quantitative estimate of drug-likeness (QED) is 0.448. The monoisotopic (exact) mass is 441 g/mol. The Morgan fingerprint density at radius 1 is 0.848 bits per heavy atom. The van der Waals surface area contributed by atoms with Crippen LogP contribution in [0.2, 0.25) is 0 Å². The predicted octanol–water partition coefficient (Wildman–Crippen LogP) is 6.04. The Kier molecular flexibility index (Phi) is 6.78. The molecule has 33 heavy (non-hydrogen) atoms. The Balaban J connectivity index is 1.58. The molecular weight excluding hydrogens is 410 g/mol. The number of nitrogens with zero attached hydrogens (tertiary/aromatic N) is 1. The van der Waals surface area contributed by atoms with Gasteiger partial charge in [0.2, 0.25) is 0 Å². The summed E-state index contributed by atoms with van der Waals surface area (Å²) in [5.74, 6) is -0.264. The fourth-order valence-electron chi connectivity index (χ4n) is 4.21. The molecule has 3 aromatic rings. The summed E-state index contributed by atoms with van der Waals surface area (Å²) in [6.07, 6.45) is 2.54. The van der Waals surface area contributed by atoms with Gasteiger partial charge >= 0.3 is 0 Å². The zero-order valence-electron chi connectivity index (χ0n) is 19.5. The van der Waals surface area contributed by atoms with Crippen molar-refractivity contribution in [1.82, 2.24) is 4.90 Å². The second-order valence-electron chi connectivity index (χ2n) is 8.40. The van der Waals surface area contributed by atoms with Crippen molar-refractivity contribution >= 4 is 23.2 Å². The first-order valence-electron chi connectivity index (χ1n) is 11.7. The molecule has 1 unspecified atom stereocenters. The minimum Gasteiger partial charge on any atom is -0.361 e. The molecule has 5 heteroatoms. The highest BCUT2D eigenvalue weighted by Crippen LogP contribution is 2.35. The zero-order chi connectivity index (χ0) is 23.4. The molecule has 0 fully saturated rings. The molecule has 2 amide bonds.